The van der Waals surface area contributed by atoms with Gasteiger partial charge in [0.25, 0.3) is 5.91 Å². The van der Waals surface area contributed by atoms with Gasteiger partial charge in [-0.2, -0.15) is 0 Å². The Labute approximate surface area is 177 Å². The second-order valence-electron chi connectivity index (χ2n) is 7.71. The number of carbonyl (C=O) groups excluding carboxylic acids is 2. The second-order valence-corrected chi connectivity index (χ2v) is 7.71. The molecular weight excluding hydrogens is 382 g/mol. The molecule has 160 valence electrons. The summed E-state index contributed by atoms with van der Waals surface area (Å²) in [5.74, 6) is 1.24. The molecule has 0 radical (unpaired) electrons. The van der Waals surface area contributed by atoms with Crippen molar-refractivity contribution in [2.45, 2.75) is 32.7 Å². The molecule has 1 aliphatic heterocycles. The molecule has 0 aromatic heterocycles. The number of rotatable bonds is 6. The number of anilines is 1. The Hall–Kier alpha value is -3.06. The molecule has 3 amide bonds. The highest BCUT2D eigenvalue weighted by molar-refractivity contribution is 6.01. The molecule has 3 rings (SSSR count). The number of amides is 3. The molecule has 2 aromatic rings. The minimum atomic E-state index is -0.513. The number of imide groups is 1. The topological polar surface area (TPSA) is 81.1 Å². The van der Waals surface area contributed by atoms with Crippen LogP contribution >= 0.6 is 0 Å². The zero-order valence-electron chi connectivity index (χ0n) is 18.0. The van der Waals surface area contributed by atoms with E-state index in [2.05, 4.69) is 10.6 Å². The Bertz CT molecular complexity index is 929. The van der Waals surface area contributed by atoms with Gasteiger partial charge in [-0.1, -0.05) is 17.7 Å². The molecule has 0 aliphatic carbocycles. The maximum absolute atomic E-state index is 12.5. The molecule has 3 N–H and O–H groups in total. The number of quaternary nitrogens is 1. The molecule has 2 aromatic carbocycles. The Kier molecular flexibility index (Phi) is 6.95. The Morgan fingerprint density at radius 3 is 2.60 bits per heavy atom. The van der Waals surface area contributed by atoms with Gasteiger partial charge in [0, 0.05) is 18.5 Å². The van der Waals surface area contributed by atoms with E-state index in [1.165, 1.54) is 0 Å². The van der Waals surface area contributed by atoms with E-state index in [1.54, 1.807) is 14.2 Å². The van der Waals surface area contributed by atoms with Crippen molar-refractivity contribution in [2.75, 3.05) is 32.6 Å². The van der Waals surface area contributed by atoms with Crippen LogP contribution in [0.4, 0.5) is 10.5 Å². The van der Waals surface area contributed by atoms with E-state index < -0.39 is 6.03 Å². The van der Waals surface area contributed by atoms with E-state index in [4.69, 9.17) is 9.47 Å². The number of benzene rings is 2. The number of urea groups is 1. The predicted molar refractivity (Wildman–Crippen MR) is 115 cm³/mol. The molecule has 0 saturated carbocycles. The maximum atomic E-state index is 12.5. The number of hydrogen-bond donors (Lipinski definition) is 3. The van der Waals surface area contributed by atoms with Crippen molar-refractivity contribution in [2.24, 2.45) is 0 Å². The highest BCUT2D eigenvalue weighted by atomic mass is 16.5. The normalized spacial score (nSPS) is 18.0. The standard InChI is InChI=1S/C23H29N3O4/c1-15-7-9-19(16(2)12-15)24-23(28)25-22(27)14-26-11-5-6-20(26)18-13-17(29-3)8-10-21(18)30-4/h7-10,12-13,20H,5-6,11,14H2,1-4H3,(H2,24,25,27,28)/p+1/t20-/m1/s1. The van der Waals surface area contributed by atoms with Gasteiger partial charge < -0.3 is 19.7 Å². The Balaban J connectivity index is 1.64. The van der Waals surface area contributed by atoms with Crippen molar-refractivity contribution in [3.8, 4) is 11.5 Å². The van der Waals surface area contributed by atoms with E-state index in [0.717, 1.165) is 52.5 Å². The van der Waals surface area contributed by atoms with Gasteiger partial charge >= 0.3 is 6.03 Å². The molecule has 30 heavy (non-hydrogen) atoms. The molecule has 0 bridgehead atoms. The van der Waals surface area contributed by atoms with Gasteiger partial charge in [0.15, 0.2) is 6.54 Å². The Morgan fingerprint density at radius 1 is 1.10 bits per heavy atom. The monoisotopic (exact) mass is 412 g/mol. The third kappa shape index (κ3) is 5.10. The summed E-state index contributed by atoms with van der Waals surface area (Å²) < 4.78 is 10.9. The number of aryl methyl sites for hydroxylation is 2. The van der Waals surface area contributed by atoms with Gasteiger partial charge in [0.2, 0.25) is 0 Å². The number of hydrogen-bond acceptors (Lipinski definition) is 4. The van der Waals surface area contributed by atoms with Crippen LogP contribution in [0.5, 0.6) is 11.5 Å². The van der Waals surface area contributed by atoms with Gasteiger partial charge in [-0.15, -0.1) is 0 Å². The highest BCUT2D eigenvalue weighted by Crippen LogP contribution is 2.31. The van der Waals surface area contributed by atoms with Crippen LogP contribution in [0.15, 0.2) is 36.4 Å². The smallest absolute Gasteiger partial charge is 0.326 e. The summed E-state index contributed by atoms with van der Waals surface area (Å²) >= 11 is 0. The minimum absolute atomic E-state index is 0.114. The van der Waals surface area contributed by atoms with Crippen molar-refractivity contribution in [1.82, 2.24) is 5.32 Å². The molecule has 2 atom stereocenters. The number of carbonyl (C=O) groups is 2. The van der Waals surface area contributed by atoms with E-state index in [9.17, 15) is 9.59 Å². The zero-order chi connectivity index (χ0) is 21.7. The van der Waals surface area contributed by atoms with Crippen molar-refractivity contribution in [1.29, 1.82) is 0 Å². The van der Waals surface area contributed by atoms with Crippen LogP contribution in [0.3, 0.4) is 0 Å². The SMILES string of the molecule is COc1ccc(OC)c([C@H]2CCC[NH+]2CC(=O)NC(=O)Nc2ccc(C)cc2C)c1. The molecule has 1 fully saturated rings. The average Bonchev–Trinajstić information content (AvgIpc) is 3.17. The lowest BCUT2D eigenvalue weighted by molar-refractivity contribution is -0.910. The fraction of sp³-hybridized carbons (Fsp3) is 0.391. The lowest BCUT2D eigenvalue weighted by atomic mass is 10.0. The second kappa shape index (κ2) is 9.63. The van der Waals surface area contributed by atoms with Crippen LogP contribution in [0.25, 0.3) is 0 Å². The van der Waals surface area contributed by atoms with Gasteiger partial charge in [-0.25, -0.2) is 4.79 Å². The minimum Gasteiger partial charge on any atom is -0.497 e. The van der Waals surface area contributed by atoms with Crippen molar-refractivity contribution in [3.05, 3.63) is 53.1 Å². The first-order valence-corrected chi connectivity index (χ1v) is 10.2. The summed E-state index contributed by atoms with van der Waals surface area (Å²) in [6, 6.07) is 11.1. The van der Waals surface area contributed by atoms with Gasteiger partial charge in [-0.3, -0.25) is 10.1 Å². The van der Waals surface area contributed by atoms with Crippen LogP contribution < -0.4 is 25.0 Å². The van der Waals surface area contributed by atoms with E-state index in [1.807, 2.05) is 50.2 Å². The number of likely N-dealkylation sites (tertiary alicyclic amines) is 1. The first kappa shape index (κ1) is 21.6. The summed E-state index contributed by atoms with van der Waals surface area (Å²) in [7, 11) is 3.27. The summed E-state index contributed by atoms with van der Waals surface area (Å²) in [6.45, 7) is 4.99. The van der Waals surface area contributed by atoms with Crippen molar-refractivity contribution < 1.29 is 24.0 Å². The molecule has 1 unspecified atom stereocenters. The van der Waals surface area contributed by atoms with Gasteiger partial charge in [-0.05, 0) is 43.7 Å². The van der Waals surface area contributed by atoms with Crippen LogP contribution in [0.1, 0.15) is 35.6 Å². The summed E-state index contributed by atoms with van der Waals surface area (Å²) in [6.07, 6.45) is 1.95. The lowest BCUT2D eigenvalue weighted by Gasteiger charge is -2.23. The number of ether oxygens (including phenoxy) is 2. The summed E-state index contributed by atoms with van der Waals surface area (Å²) in [5, 5.41) is 5.21. The zero-order valence-corrected chi connectivity index (χ0v) is 18.0. The van der Waals surface area contributed by atoms with Crippen LogP contribution in [-0.4, -0.2) is 39.2 Å². The van der Waals surface area contributed by atoms with E-state index in [-0.39, 0.29) is 18.5 Å². The highest BCUT2D eigenvalue weighted by Gasteiger charge is 2.34. The predicted octanol–water partition coefficient (Wildman–Crippen LogP) is 2.39. The fourth-order valence-electron chi connectivity index (χ4n) is 4.09. The molecule has 1 aliphatic rings. The largest absolute Gasteiger partial charge is 0.497 e. The summed E-state index contributed by atoms with van der Waals surface area (Å²) in [5.41, 5.74) is 3.79. The van der Waals surface area contributed by atoms with Crippen LogP contribution in [0, 0.1) is 13.8 Å². The molecule has 7 heteroatoms. The first-order chi connectivity index (χ1) is 14.4. The van der Waals surface area contributed by atoms with Crippen molar-refractivity contribution in [3.63, 3.8) is 0 Å². The van der Waals surface area contributed by atoms with Gasteiger partial charge in [0.05, 0.1) is 26.3 Å². The van der Waals surface area contributed by atoms with Crippen LogP contribution in [0.2, 0.25) is 0 Å². The number of nitrogens with one attached hydrogen (secondary N) is 3. The third-order valence-corrected chi connectivity index (χ3v) is 5.57. The lowest BCUT2D eigenvalue weighted by Crippen LogP contribution is -3.11. The van der Waals surface area contributed by atoms with E-state index in [0.29, 0.717) is 5.69 Å². The maximum Gasteiger partial charge on any atom is 0.326 e. The molecule has 0 spiro atoms. The average molecular weight is 413 g/mol. The fourth-order valence-corrected chi connectivity index (χ4v) is 4.09. The van der Waals surface area contributed by atoms with Gasteiger partial charge in [0.1, 0.15) is 17.5 Å². The summed E-state index contributed by atoms with van der Waals surface area (Å²) in [4.78, 5) is 25.9. The Morgan fingerprint density at radius 2 is 1.90 bits per heavy atom. The quantitative estimate of drug-likeness (QED) is 0.681. The molecule has 1 heterocycles. The van der Waals surface area contributed by atoms with Crippen molar-refractivity contribution >= 4 is 17.6 Å². The third-order valence-electron chi connectivity index (χ3n) is 5.57. The molecular formula is C23H30N3O4+. The number of methoxy groups -OCH3 is 2. The molecule has 7 nitrogen and oxygen atoms in total. The van der Waals surface area contributed by atoms with Crippen LogP contribution in [-0.2, 0) is 4.79 Å². The first-order valence-electron chi connectivity index (χ1n) is 10.2. The molecule has 1 saturated heterocycles. The van der Waals surface area contributed by atoms with E-state index >= 15 is 0 Å².